The fourth-order valence-corrected chi connectivity index (χ4v) is 2.26. The van der Waals surface area contributed by atoms with Crippen LogP contribution in [-0.2, 0) is 0 Å². The van der Waals surface area contributed by atoms with E-state index < -0.39 is 0 Å². The number of fused-ring (bicyclic) bond motifs is 1. The van der Waals surface area contributed by atoms with E-state index in [4.69, 9.17) is 4.42 Å². The number of benzene rings is 1. The van der Waals surface area contributed by atoms with Crippen LogP contribution in [0.1, 0.15) is 6.92 Å². The second kappa shape index (κ2) is 3.83. The van der Waals surface area contributed by atoms with Gasteiger partial charge in [-0.15, -0.1) is 0 Å². The van der Waals surface area contributed by atoms with Gasteiger partial charge in [0.25, 0.3) is 0 Å². The van der Waals surface area contributed by atoms with Crippen LogP contribution in [0.2, 0.25) is 0 Å². The molecule has 1 aromatic heterocycles. The maximum Gasteiger partial charge on any atom is 0.196 e. The summed E-state index contributed by atoms with van der Waals surface area (Å²) in [5.74, 6) is 0.995. The van der Waals surface area contributed by atoms with Gasteiger partial charge in [0.15, 0.2) is 5.88 Å². The molecule has 1 atom stereocenters. The van der Waals surface area contributed by atoms with Gasteiger partial charge in [-0.1, -0.05) is 18.2 Å². The molecular formula is C13H16N2O. The number of furan rings is 1. The monoisotopic (exact) mass is 216 g/mol. The van der Waals surface area contributed by atoms with Gasteiger partial charge in [0, 0.05) is 37.1 Å². The molecule has 2 aromatic rings. The maximum atomic E-state index is 5.85. The fraction of sp³-hybridized carbons (Fsp3) is 0.385. The maximum absolute atomic E-state index is 5.85. The average Bonchev–Trinajstić information content (AvgIpc) is 2.72. The molecular weight excluding hydrogens is 200 g/mol. The van der Waals surface area contributed by atoms with Crippen molar-refractivity contribution in [2.75, 3.05) is 24.5 Å². The standard InChI is InChI=1S/C13H16N2O/c1-10-9-15(7-6-14-10)13-8-11-4-2-3-5-12(11)16-13/h2-5,8,10,14H,6-7,9H2,1H3. The highest BCUT2D eigenvalue weighted by atomic mass is 16.4. The molecule has 84 valence electrons. The van der Waals surface area contributed by atoms with Crippen LogP contribution < -0.4 is 10.2 Å². The first-order valence-electron chi connectivity index (χ1n) is 5.80. The lowest BCUT2D eigenvalue weighted by Gasteiger charge is -2.31. The van der Waals surface area contributed by atoms with E-state index in [9.17, 15) is 0 Å². The van der Waals surface area contributed by atoms with E-state index >= 15 is 0 Å². The smallest absolute Gasteiger partial charge is 0.196 e. The molecule has 1 fully saturated rings. The molecule has 1 N–H and O–H groups in total. The van der Waals surface area contributed by atoms with E-state index in [0.717, 1.165) is 31.1 Å². The summed E-state index contributed by atoms with van der Waals surface area (Å²) in [6.45, 7) is 5.26. The van der Waals surface area contributed by atoms with Crippen LogP contribution in [0.3, 0.4) is 0 Å². The first-order chi connectivity index (χ1) is 7.83. The number of para-hydroxylation sites is 1. The zero-order chi connectivity index (χ0) is 11.0. The van der Waals surface area contributed by atoms with Crippen LogP contribution in [0, 0.1) is 0 Å². The van der Waals surface area contributed by atoms with Crippen molar-refractivity contribution >= 4 is 16.9 Å². The number of nitrogens with one attached hydrogen (secondary N) is 1. The first kappa shape index (κ1) is 9.73. The molecule has 0 amide bonds. The van der Waals surface area contributed by atoms with Gasteiger partial charge in [-0.25, -0.2) is 0 Å². The van der Waals surface area contributed by atoms with Crippen LogP contribution in [-0.4, -0.2) is 25.7 Å². The van der Waals surface area contributed by atoms with Gasteiger partial charge in [-0.2, -0.15) is 0 Å². The molecule has 1 aliphatic heterocycles. The molecule has 0 spiro atoms. The quantitative estimate of drug-likeness (QED) is 0.792. The topological polar surface area (TPSA) is 28.4 Å². The molecule has 0 aliphatic carbocycles. The zero-order valence-electron chi connectivity index (χ0n) is 9.44. The Labute approximate surface area is 95.0 Å². The third kappa shape index (κ3) is 1.67. The highest BCUT2D eigenvalue weighted by Crippen LogP contribution is 2.26. The lowest BCUT2D eigenvalue weighted by molar-refractivity contribution is 0.458. The minimum atomic E-state index is 0.530. The van der Waals surface area contributed by atoms with Crippen LogP contribution >= 0.6 is 0 Å². The van der Waals surface area contributed by atoms with Crippen molar-refractivity contribution in [1.82, 2.24) is 5.32 Å². The summed E-state index contributed by atoms with van der Waals surface area (Å²) in [6, 6.07) is 10.8. The Hall–Kier alpha value is -1.48. The summed E-state index contributed by atoms with van der Waals surface area (Å²) >= 11 is 0. The molecule has 1 saturated heterocycles. The molecule has 1 unspecified atom stereocenters. The summed E-state index contributed by atoms with van der Waals surface area (Å²) in [6.07, 6.45) is 0. The van der Waals surface area contributed by atoms with Crippen LogP contribution in [0.15, 0.2) is 34.7 Å². The predicted molar refractivity (Wildman–Crippen MR) is 65.9 cm³/mol. The Morgan fingerprint density at radius 3 is 3.06 bits per heavy atom. The predicted octanol–water partition coefficient (Wildman–Crippen LogP) is 2.23. The number of nitrogens with zero attached hydrogens (tertiary/aromatic N) is 1. The summed E-state index contributed by atoms with van der Waals surface area (Å²) < 4.78 is 5.85. The Kier molecular flexibility index (Phi) is 2.33. The van der Waals surface area contributed by atoms with E-state index in [1.165, 1.54) is 5.39 Å². The van der Waals surface area contributed by atoms with Crippen molar-refractivity contribution in [2.45, 2.75) is 13.0 Å². The largest absolute Gasteiger partial charge is 0.441 e. The van der Waals surface area contributed by atoms with Gasteiger partial charge in [0.1, 0.15) is 5.58 Å². The molecule has 2 heterocycles. The highest BCUT2D eigenvalue weighted by Gasteiger charge is 2.18. The van der Waals surface area contributed by atoms with Crippen LogP contribution in [0.4, 0.5) is 5.88 Å². The zero-order valence-corrected chi connectivity index (χ0v) is 9.44. The van der Waals surface area contributed by atoms with Gasteiger partial charge < -0.3 is 14.6 Å². The number of piperazine rings is 1. The molecule has 3 nitrogen and oxygen atoms in total. The minimum absolute atomic E-state index is 0.530. The first-order valence-corrected chi connectivity index (χ1v) is 5.80. The van der Waals surface area contributed by atoms with Crippen molar-refractivity contribution in [3.63, 3.8) is 0 Å². The van der Waals surface area contributed by atoms with Gasteiger partial charge in [-0.3, -0.25) is 0 Å². The van der Waals surface area contributed by atoms with Crippen LogP contribution in [0.5, 0.6) is 0 Å². The molecule has 1 aromatic carbocycles. The number of hydrogen-bond donors (Lipinski definition) is 1. The third-order valence-electron chi connectivity index (χ3n) is 3.09. The SMILES string of the molecule is CC1CN(c2cc3ccccc3o2)CCN1. The molecule has 3 heteroatoms. The molecule has 0 saturated carbocycles. The molecule has 3 rings (SSSR count). The second-order valence-electron chi connectivity index (χ2n) is 4.42. The molecule has 0 bridgehead atoms. The lowest BCUT2D eigenvalue weighted by atomic mass is 10.2. The Morgan fingerprint density at radius 2 is 2.25 bits per heavy atom. The van der Waals surface area contributed by atoms with E-state index in [1.54, 1.807) is 0 Å². The van der Waals surface area contributed by atoms with Gasteiger partial charge in [0.05, 0.1) is 0 Å². The minimum Gasteiger partial charge on any atom is -0.441 e. The normalized spacial score (nSPS) is 21.6. The number of hydrogen-bond acceptors (Lipinski definition) is 3. The molecule has 1 aliphatic rings. The van der Waals surface area contributed by atoms with E-state index in [-0.39, 0.29) is 0 Å². The van der Waals surface area contributed by atoms with Crippen molar-refractivity contribution in [2.24, 2.45) is 0 Å². The van der Waals surface area contributed by atoms with E-state index in [0.29, 0.717) is 6.04 Å². The second-order valence-corrected chi connectivity index (χ2v) is 4.42. The van der Waals surface area contributed by atoms with E-state index in [1.807, 2.05) is 18.2 Å². The Balaban J connectivity index is 1.93. The Bertz CT molecular complexity index is 458. The molecule has 16 heavy (non-hydrogen) atoms. The van der Waals surface area contributed by atoms with E-state index in [2.05, 4.69) is 29.3 Å². The number of anilines is 1. The average molecular weight is 216 g/mol. The Morgan fingerprint density at radius 1 is 1.38 bits per heavy atom. The van der Waals surface area contributed by atoms with Gasteiger partial charge in [-0.05, 0) is 13.0 Å². The summed E-state index contributed by atoms with van der Waals surface area (Å²) in [5, 5.41) is 4.62. The van der Waals surface area contributed by atoms with Crippen molar-refractivity contribution in [3.8, 4) is 0 Å². The molecule has 0 radical (unpaired) electrons. The van der Waals surface area contributed by atoms with Gasteiger partial charge >= 0.3 is 0 Å². The van der Waals surface area contributed by atoms with Crippen LogP contribution in [0.25, 0.3) is 11.0 Å². The lowest BCUT2D eigenvalue weighted by Crippen LogP contribution is -2.49. The highest BCUT2D eigenvalue weighted by molar-refractivity contribution is 5.80. The number of rotatable bonds is 1. The summed E-state index contributed by atoms with van der Waals surface area (Å²) in [5.41, 5.74) is 0.976. The van der Waals surface area contributed by atoms with Gasteiger partial charge in [0.2, 0.25) is 0 Å². The third-order valence-corrected chi connectivity index (χ3v) is 3.09. The van der Waals surface area contributed by atoms with Crippen molar-refractivity contribution in [1.29, 1.82) is 0 Å². The van der Waals surface area contributed by atoms with Crippen molar-refractivity contribution in [3.05, 3.63) is 30.3 Å². The summed E-state index contributed by atoms with van der Waals surface area (Å²) in [4.78, 5) is 2.31. The fourth-order valence-electron chi connectivity index (χ4n) is 2.26. The summed E-state index contributed by atoms with van der Waals surface area (Å²) in [7, 11) is 0. The van der Waals surface area contributed by atoms with Crippen molar-refractivity contribution < 1.29 is 4.42 Å².